The van der Waals surface area contributed by atoms with Crippen molar-refractivity contribution in [2.45, 2.75) is 20.3 Å². The highest BCUT2D eigenvalue weighted by atomic mass is 79.9. The largest absolute Gasteiger partial charge is 0.331 e. The summed E-state index contributed by atoms with van der Waals surface area (Å²) in [6.45, 7) is 4.09. The van der Waals surface area contributed by atoms with Gasteiger partial charge in [-0.15, -0.1) is 0 Å². The van der Waals surface area contributed by atoms with Crippen LogP contribution in [0.5, 0.6) is 0 Å². The van der Waals surface area contributed by atoms with Gasteiger partial charge in [-0.05, 0) is 58.7 Å². The number of nitrogens with zero attached hydrogens (tertiary/aromatic N) is 1. The standard InChI is InChI=1S/C16H17BrN4OS/c1-3-11-6-4-5-10(2)14(11)19-16(23)21-20-15(22)12-7-13(17)9-18-8-12/h4-9H,3H2,1-2H3,(H,20,22)(H2,19,21,23). The number of anilines is 1. The van der Waals surface area contributed by atoms with E-state index in [1.54, 1.807) is 12.3 Å². The zero-order chi connectivity index (χ0) is 16.8. The van der Waals surface area contributed by atoms with Crippen molar-refractivity contribution < 1.29 is 4.79 Å². The molecular weight excluding hydrogens is 376 g/mol. The van der Waals surface area contributed by atoms with Crippen molar-refractivity contribution in [1.82, 2.24) is 15.8 Å². The minimum Gasteiger partial charge on any atom is -0.331 e. The van der Waals surface area contributed by atoms with Crippen LogP contribution in [0.25, 0.3) is 0 Å². The summed E-state index contributed by atoms with van der Waals surface area (Å²) in [5.41, 5.74) is 8.91. The maximum atomic E-state index is 12.0. The molecule has 0 fully saturated rings. The number of rotatable bonds is 3. The number of aromatic nitrogens is 1. The third kappa shape index (κ3) is 4.74. The molecule has 1 heterocycles. The fourth-order valence-electron chi connectivity index (χ4n) is 2.07. The lowest BCUT2D eigenvalue weighted by atomic mass is 10.1. The van der Waals surface area contributed by atoms with Crippen molar-refractivity contribution in [3.05, 3.63) is 57.8 Å². The molecule has 0 atom stereocenters. The molecule has 2 rings (SSSR count). The number of amides is 1. The van der Waals surface area contributed by atoms with Crippen molar-refractivity contribution in [2.24, 2.45) is 0 Å². The monoisotopic (exact) mass is 392 g/mol. The predicted octanol–water partition coefficient (Wildman–Crippen LogP) is 3.35. The molecule has 0 aliphatic rings. The Balaban J connectivity index is 1.97. The van der Waals surface area contributed by atoms with Gasteiger partial charge in [-0.3, -0.25) is 20.6 Å². The first-order valence-corrected chi connectivity index (χ1v) is 8.27. The second-order valence-corrected chi connectivity index (χ2v) is 6.21. The predicted molar refractivity (Wildman–Crippen MR) is 99.3 cm³/mol. The Hall–Kier alpha value is -1.99. The summed E-state index contributed by atoms with van der Waals surface area (Å²) in [4.78, 5) is 16.0. The summed E-state index contributed by atoms with van der Waals surface area (Å²) in [6.07, 6.45) is 3.98. The summed E-state index contributed by atoms with van der Waals surface area (Å²) in [5, 5.41) is 3.45. The van der Waals surface area contributed by atoms with Crippen molar-refractivity contribution in [2.75, 3.05) is 5.32 Å². The van der Waals surface area contributed by atoms with Crippen LogP contribution in [0, 0.1) is 6.92 Å². The van der Waals surface area contributed by atoms with E-state index in [0.29, 0.717) is 10.7 Å². The van der Waals surface area contributed by atoms with Gasteiger partial charge in [0.1, 0.15) is 0 Å². The molecule has 5 nitrogen and oxygen atoms in total. The van der Waals surface area contributed by atoms with Crippen LogP contribution in [0.3, 0.4) is 0 Å². The third-order valence-corrected chi connectivity index (χ3v) is 3.87. The molecule has 0 aliphatic heterocycles. The van der Waals surface area contributed by atoms with Crippen molar-refractivity contribution >= 4 is 44.9 Å². The molecule has 3 N–H and O–H groups in total. The van der Waals surface area contributed by atoms with Crippen LogP contribution in [0.1, 0.15) is 28.4 Å². The summed E-state index contributed by atoms with van der Waals surface area (Å²) < 4.78 is 0.735. The Kier molecular flexibility index (Phi) is 6.06. The number of halogens is 1. The summed E-state index contributed by atoms with van der Waals surface area (Å²) >= 11 is 8.51. The van der Waals surface area contributed by atoms with E-state index in [0.717, 1.165) is 27.7 Å². The molecule has 0 unspecified atom stereocenters. The number of hydrogen-bond donors (Lipinski definition) is 3. The molecule has 1 aromatic carbocycles. The van der Waals surface area contributed by atoms with Crippen LogP contribution in [-0.2, 0) is 6.42 Å². The smallest absolute Gasteiger partial charge is 0.271 e. The lowest BCUT2D eigenvalue weighted by molar-refractivity contribution is 0.0943. The molecule has 1 amide bonds. The average Bonchev–Trinajstić information content (AvgIpc) is 2.54. The lowest BCUT2D eigenvalue weighted by Crippen LogP contribution is -2.44. The molecule has 7 heteroatoms. The highest BCUT2D eigenvalue weighted by molar-refractivity contribution is 9.10. The number of benzene rings is 1. The zero-order valence-electron chi connectivity index (χ0n) is 12.8. The van der Waals surface area contributed by atoms with Gasteiger partial charge in [0.15, 0.2) is 5.11 Å². The summed E-state index contributed by atoms with van der Waals surface area (Å²) in [7, 11) is 0. The molecule has 0 radical (unpaired) electrons. The van der Waals surface area contributed by atoms with Gasteiger partial charge >= 0.3 is 0 Å². The van der Waals surface area contributed by atoms with Crippen molar-refractivity contribution in [3.8, 4) is 0 Å². The Bertz CT molecular complexity index is 736. The molecule has 120 valence electrons. The van der Waals surface area contributed by atoms with E-state index in [-0.39, 0.29) is 5.91 Å². The van der Waals surface area contributed by atoms with Gasteiger partial charge in [0.25, 0.3) is 5.91 Å². The number of hydrogen-bond acceptors (Lipinski definition) is 3. The quantitative estimate of drug-likeness (QED) is 0.552. The Morgan fingerprint density at radius 2 is 2.09 bits per heavy atom. The zero-order valence-corrected chi connectivity index (χ0v) is 15.2. The first kappa shape index (κ1) is 17.4. The van der Waals surface area contributed by atoms with Crippen molar-refractivity contribution in [3.63, 3.8) is 0 Å². The van der Waals surface area contributed by atoms with Crippen LogP contribution in [0.4, 0.5) is 5.69 Å². The number of aryl methyl sites for hydroxylation is 2. The van der Waals surface area contributed by atoms with Gasteiger partial charge in [-0.25, -0.2) is 0 Å². The van der Waals surface area contributed by atoms with E-state index in [2.05, 4.69) is 44.0 Å². The SMILES string of the molecule is CCc1cccc(C)c1NC(=S)NNC(=O)c1cncc(Br)c1. The maximum absolute atomic E-state index is 12.0. The Morgan fingerprint density at radius 3 is 2.78 bits per heavy atom. The van der Waals surface area contributed by atoms with E-state index in [1.165, 1.54) is 6.20 Å². The number of carbonyl (C=O) groups excluding carboxylic acids is 1. The second kappa shape index (κ2) is 8.03. The number of hydrazine groups is 1. The van der Waals surface area contributed by atoms with E-state index < -0.39 is 0 Å². The highest BCUT2D eigenvalue weighted by Crippen LogP contribution is 2.20. The van der Waals surface area contributed by atoms with E-state index in [9.17, 15) is 4.79 Å². The van der Waals surface area contributed by atoms with Crippen LogP contribution < -0.4 is 16.2 Å². The normalized spacial score (nSPS) is 10.0. The minimum absolute atomic E-state index is 0.316. The molecule has 0 bridgehead atoms. The van der Waals surface area contributed by atoms with Gasteiger partial charge in [0.2, 0.25) is 0 Å². The average molecular weight is 393 g/mol. The molecule has 1 aromatic heterocycles. The van der Waals surface area contributed by atoms with Crippen LogP contribution in [0.2, 0.25) is 0 Å². The van der Waals surface area contributed by atoms with E-state index >= 15 is 0 Å². The molecule has 23 heavy (non-hydrogen) atoms. The van der Waals surface area contributed by atoms with Gasteiger partial charge in [-0.1, -0.05) is 25.1 Å². The lowest BCUT2D eigenvalue weighted by Gasteiger charge is -2.16. The highest BCUT2D eigenvalue weighted by Gasteiger charge is 2.09. The first-order valence-electron chi connectivity index (χ1n) is 7.07. The second-order valence-electron chi connectivity index (χ2n) is 4.89. The Labute approximate surface area is 149 Å². The fourth-order valence-corrected chi connectivity index (χ4v) is 2.59. The molecule has 0 saturated heterocycles. The first-order chi connectivity index (χ1) is 11.0. The van der Waals surface area contributed by atoms with Crippen molar-refractivity contribution in [1.29, 1.82) is 0 Å². The molecule has 2 aromatic rings. The van der Waals surface area contributed by atoms with E-state index in [1.807, 2.05) is 25.1 Å². The summed E-state index contributed by atoms with van der Waals surface area (Å²) in [6, 6.07) is 7.74. The topological polar surface area (TPSA) is 66.0 Å². The van der Waals surface area contributed by atoms with Gasteiger partial charge in [-0.2, -0.15) is 0 Å². The van der Waals surface area contributed by atoms with Gasteiger partial charge in [0, 0.05) is 22.6 Å². The van der Waals surface area contributed by atoms with E-state index in [4.69, 9.17) is 12.2 Å². The maximum Gasteiger partial charge on any atom is 0.271 e. The Morgan fingerprint density at radius 1 is 1.30 bits per heavy atom. The molecular formula is C16H17BrN4OS. The molecule has 0 aliphatic carbocycles. The summed E-state index contributed by atoms with van der Waals surface area (Å²) in [5.74, 6) is -0.316. The van der Waals surface area contributed by atoms with Crippen LogP contribution in [0.15, 0.2) is 41.1 Å². The third-order valence-electron chi connectivity index (χ3n) is 3.24. The minimum atomic E-state index is -0.316. The van der Waals surface area contributed by atoms with Gasteiger partial charge in [0.05, 0.1) is 5.56 Å². The molecule has 0 spiro atoms. The fraction of sp³-hybridized carbons (Fsp3) is 0.188. The molecule has 0 saturated carbocycles. The number of carbonyl (C=O) groups is 1. The van der Waals surface area contributed by atoms with Gasteiger partial charge < -0.3 is 5.32 Å². The number of thiocarbonyl (C=S) groups is 1. The van der Waals surface area contributed by atoms with Crippen LogP contribution >= 0.6 is 28.1 Å². The number of para-hydroxylation sites is 1. The number of nitrogens with one attached hydrogen (secondary N) is 3. The van der Waals surface area contributed by atoms with Crippen LogP contribution in [-0.4, -0.2) is 16.0 Å². The number of pyridine rings is 1.